The Labute approximate surface area is 197 Å². The van der Waals surface area contributed by atoms with Gasteiger partial charge >= 0.3 is 0 Å². The number of amides is 1. The Morgan fingerprint density at radius 2 is 1.82 bits per heavy atom. The molecule has 0 saturated heterocycles. The molecule has 6 heteroatoms. The summed E-state index contributed by atoms with van der Waals surface area (Å²) in [6, 6.07) is 13.8. The second-order valence-electron chi connectivity index (χ2n) is 8.94. The molecule has 2 aromatic heterocycles. The Balaban J connectivity index is 1.73. The number of pyridine rings is 2. The smallest absolute Gasteiger partial charge is 0.270 e. The SMILES string of the molecule is Cc1cc2nc(C(=O)N[C@@H]3CCC[C@H]3O)cc(-c3ccccc3F)c2c(C)c1-c1ccncc1. The molecular weight excluding hydrogens is 429 g/mol. The fourth-order valence-corrected chi connectivity index (χ4v) is 5.08. The largest absolute Gasteiger partial charge is 0.391 e. The minimum Gasteiger partial charge on any atom is -0.391 e. The first-order valence-corrected chi connectivity index (χ1v) is 11.5. The van der Waals surface area contributed by atoms with Crippen LogP contribution in [0.25, 0.3) is 33.2 Å². The van der Waals surface area contributed by atoms with Gasteiger partial charge in [-0.25, -0.2) is 9.37 Å². The molecule has 172 valence electrons. The van der Waals surface area contributed by atoms with Crippen LogP contribution in [0.4, 0.5) is 4.39 Å². The first-order chi connectivity index (χ1) is 16.4. The Kier molecular flexibility index (Phi) is 5.84. The van der Waals surface area contributed by atoms with Crippen LogP contribution < -0.4 is 5.32 Å². The van der Waals surface area contributed by atoms with E-state index in [1.807, 2.05) is 32.0 Å². The lowest BCUT2D eigenvalue weighted by atomic mass is 9.89. The maximum Gasteiger partial charge on any atom is 0.270 e. The molecule has 0 bridgehead atoms. The number of hydrogen-bond acceptors (Lipinski definition) is 4. The number of aryl methyl sites for hydroxylation is 2. The van der Waals surface area contributed by atoms with Gasteiger partial charge in [-0.2, -0.15) is 0 Å². The third-order valence-electron chi connectivity index (χ3n) is 6.71. The first-order valence-electron chi connectivity index (χ1n) is 11.5. The molecule has 1 fully saturated rings. The standard InChI is InChI=1S/C28H26FN3O2/c1-16-14-23-27(17(2)26(16)18-10-12-30-13-11-18)20(19-6-3-4-7-21(19)29)15-24(31-23)28(34)32-22-8-5-9-25(22)33/h3-4,6-7,10-15,22,25,33H,5,8-9H2,1-2H3,(H,32,34)/t22-,25-/m1/s1. The Hall–Kier alpha value is -3.64. The van der Waals surface area contributed by atoms with E-state index >= 15 is 0 Å². The van der Waals surface area contributed by atoms with Crippen molar-refractivity contribution in [3.63, 3.8) is 0 Å². The van der Waals surface area contributed by atoms with E-state index < -0.39 is 6.10 Å². The minimum absolute atomic E-state index is 0.209. The molecule has 1 aliphatic carbocycles. The molecule has 2 aromatic carbocycles. The van der Waals surface area contributed by atoms with Gasteiger partial charge in [0.25, 0.3) is 5.91 Å². The van der Waals surface area contributed by atoms with Crippen LogP contribution in [0.5, 0.6) is 0 Å². The van der Waals surface area contributed by atoms with E-state index in [1.54, 1.807) is 36.7 Å². The number of carbonyl (C=O) groups excluding carboxylic acids is 1. The molecule has 5 rings (SSSR count). The van der Waals surface area contributed by atoms with Gasteiger partial charge in [0.1, 0.15) is 11.5 Å². The highest BCUT2D eigenvalue weighted by Gasteiger charge is 2.28. The number of halogens is 1. The van der Waals surface area contributed by atoms with Crippen molar-refractivity contribution in [2.75, 3.05) is 0 Å². The Morgan fingerprint density at radius 1 is 1.06 bits per heavy atom. The summed E-state index contributed by atoms with van der Waals surface area (Å²) in [5.74, 6) is -0.725. The Morgan fingerprint density at radius 3 is 2.53 bits per heavy atom. The number of rotatable bonds is 4. The molecule has 1 saturated carbocycles. The lowest BCUT2D eigenvalue weighted by Crippen LogP contribution is -2.40. The normalized spacial score (nSPS) is 17.8. The molecule has 0 spiro atoms. The van der Waals surface area contributed by atoms with E-state index in [0.717, 1.165) is 40.5 Å². The molecule has 1 amide bonds. The van der Waals surface area contributed by atoms with Crippen molar-refractivity contribution in [2.24, 2.45) is 0 Å². The van der Waals surface area contributed by atoms with E-state index in [9.17, 15) is 14.3 Å². The third-order valence-corrected chi connectivity index (χ3v) is 6.71. The number of hydrogen-bond donors (Lipinski definition) is 2. The summed E-state index contributed by atoms with van der Waals surface area (Å²) >= 11 is 0. The van der Waals surface area contributed by atoms with Gasteiger partial charge in [-0.15, -0.1) is 0 Å². The highest BCUT2D eigenvalue weighted by molar-refractivity contribution is 6.05. The van der Waals surface area contributed by atoms with Gasteiger partial charge in [0, 0.05) is 23.3 Å². The molecule has 2 N–H and O–H groups in total. The minimum atomic E-state index is -0.553. The first kappa shape index (κ1) is 22.2. The maximum absolute atomic E-state index is 15.0. The third kappa shape index (κ3) is 3.94. The van der Waals surface area contributed by atoms with Crippen molar-refractivity contribution in [1.29, 1.82) is 0 Å². The average Bonchev–Trinajstić information content (AvgIpc) is 3.23. The van der Waals surface area contributed by atoms with E-state index in [0.29, 0.717) is 23.1 Å². The highest BCUT2D eigenvalue weighted by atomic mass is 19.1. The van der Waals surface area contributed by atoms with Crippen LogP contribution in [-0.2, 0) is 0 Å². The maximum atomic E-state index is 15.0. The van der Waals surface area contributed by atoms with Gasteiger partial charge in [0.15, 0.2) is 0 Å². The predicted octanol–water partition coefficient (Wildman–Crippen LogP) is 5.36. The van der Waals surface area contributed by atoms with Crippen LogP contribution in [0.1, 0.15) is 40.9 Å². The van der Waals surface area contributed by atoms with Gasteiger partial charge in [0.05, 0.1) is 17.7 Å². The zero-order chi connectivity index (χ0) is 23.8. The quantitative estimate of drug-likeness (QED) is 0.434. The zero-order valence-electron chi connectivity index (χ0n) is 19.2. The summed E-state index contributed by atoms with van der Waals surface area (Å²) in [4.78, 5) is 21.9. The summed E-state index contributed by atoms with van der Waals surface area (Å²) in [7, 11) is 0. The summed E-state index contributed by atoms with van der Waals surface area (Å²) < 4.78 is 15.0. The number of aromatic nitrogens is 2. The number of nitrogens with one attached hydrogen (secondary N) is 1. The van der Waals surface area contributed by atoms with E-state index in [2.05, 4.69) is 15.3 Å². The lowest BCUT2D eigenvalue weighted by molar-refractivity contribution is 0.0869. The number of nitrogens with zero attached hydrogens (tertiary/aromatic N) is 2. The van der Waals surface area contributed by atoms with Gasteiger partial charge in [-0.1, -0.05) is 18.2 Å². The predicted molar refractivity (Wildman–Crippen MR) is 131 cm³/mol. The van der Waals surface area contributed by atoms with Crippen LogP contribution in [0, 0.1) is 19.7 Å². The number of fused-ring (bicyclic) bond motifs is 1. The Bertz CT molecular complexity index is 1390. The van der Waals surface area contributed by atoms with Gasteiger partial charge in [0.2, 0.25) is 0 Å². The number of benzene rings is 2. The van der Waals surface area contributed by atoms with Gasteiger partial charge < -0.3 is 10.4 Å². The second kappa shape index (κ2) is 8.95. The molecular formula is C28H26FN3O2. The van der Waals surface area contributed by atoms with Gasteiger partial charge in [-0.05, 0) is 91.3 Å². The summed E-state index contributed by atoms with van der Waals surface area (Å²) in [5.41, 5.74) is 5.90. The number of carbonyl (C=O) groups is 1. The highest BCUT2D eigenvalue weighted by Crippen LogP contribution is 2.38. The van der Waals surface area contributed by atoms with Crippen LogP contribution in [0.3, 0.4) is 0 Å². The molecule has 0 aliphatic heterocycles. The van der Waals surface area contributed by atoms with E-state index in [-0.39, 0.29) is 23.5 Å². The topological polar surface area (TPSA) is 75.1 Å². The molecule has 4 aromatic rings. The van der Waals surface area contributed by atoms with E-state index in [4.69, 9.17) is 0 Å². The summed E-state index contributed by atoms with van der Waals surface area (Å²) in [5, 5.41) is 13.9. The monoisotopic (exact) mass is 455 g/mol. The molecule has 0 radical (unpaired) electrons. The van der Waals surface area contributed by atoms with Crippen LogP contribution >= 0.6 is 0 Å². The molecule has 2 atom stereocenters. The second-order valence-corrected chi connectivity index (χ2v) is 8.94. The molecule has 1 aliphatic rings. The van der Waals surface area contributed by atoms with Crippen LogP contribution in [0.15, 0.2) is 60.9 Å². The van der Waals surface area contributed by atoms with Crippen molar-refractivity contribution in [3.05, 3.63) is 83.6 Å². The molecule has 2 heterocycles. The van der Waals surface area contributed by atoms with Crippen molar-refractivity contribution >= 4 is 16.8 Å². The summed E-state index contributed by atoms with van der Waals surface area (Å²) in [6.45, 7) is 4.01. The molecule has 34 heavy (non-hydrogen) atoms. The lowest BCUT2D eigenvalue weighted by Gasteiger charge is -2.19. The fourth-order valence-electron chi connectivity index (χ4n) is 5.08. The molecule has 0 unspecified atom stereocenters. The van der Waals surface area contributed by atoms with Crippen molar-refractivity contribution in [1.82, 2.24) is 15.3 Å². The number of aliphatic hydroxyl groups excluding tert-OH is 1. The average molecular weight is 456 g/mol. The van der Waals surface area contributed by atoms with Gasteiger partial charge in [-0.3, -0.25) is 9.78 Å². The van der Waals surface area contributed by atoms with Crippen LogP contribution in [-0.4, -0.2) is 33.1 Å². The van der Waals surface area contributed by atoms with Crippen molar-refractivity contribution < 1.29 is 14.3 Å². The van der Waals surface area contributed by atoms with E-state index in [1.165, 1.54) is 6.07 Å². The van der Waals surface area contributed by atoms with Crippen molar-refractivity contribution in [2.45, 2.75) is 45.3 Å². The fraction of sp³-hybridized carbons (Fsp3) is 0.250. The van der Waals surface area contributed by atoms with Crippen LogP contribution in [0.2, 0.25) is 0 Å². The van der Waals surface area contributed by atoms with Crippen molar-refractivity contribution in [3.8, 4) is 22.3 Å². The zero-order valence-corrected chi connectivity index (χ0v) is 19.2. The molecule has 5 nitrogen and oxygen atoms in total. The summed E-state index contributed by atoms with van der Waals surface area (Å²) in [6.07, 6.45) is 5.22. The number of aliphatic hydroxyl groups is 1.